The predicted octanol–water partition coefficient (Wildman–Crippen LogP) is 1.87. The van der Waals surface area contributed by atoms with Crippen LogP contribution in [0.5, 0.6) is 0 Å². The molecule has 2 unspecified atom stereocenters. The summed E-state index contributed by atoms with van der Waals surface area (Å²) < 4.78 is 4.92. The number of likely N-dealkylation sites (tertiary alicyclic amines) is 1. The first-order valence-corrected chi connectivity index (χ1v) is 9.59. The van der Waals surface area contributed by atoms with Gasteiger partial charge in [-0.05, 0) is 63.0 Å². The van der Waals surface area contributed by atoms with Gasteiger partial charge in [0.25, 0.3) is 5.91 Å². The molecule has 1 saturated heterocycles. The Bertz CT molecular complexity index is 648. The van der Waals surface area contributed by atoms with E-state index in [0.29, 0.717) is 42.3 Å². The number of piperidine rings is 1. The van der Waals surface area contributed by atoms with Gasteiger partial charge in [0.05, 0.1) is 6.61 Å². The number of amides is 3. The smallest absolute Gasteiger partial charge is 0.321 e. The Morgan fingerprint density at radius 3 is 2.33 bits per heavy atom. The summed E-state index contributed by atoms with van der Waals surface area (Å²) in [6.45, 7) is 2.57. The van der Waals surface area contributed by atoms with Crippen LogP contribution in [0.2, 0.25) is 0 Å². The Hall–Kier alpha value is -2.12. The zero-order valence-corrected chi connectivity index (χ0v) is 16.4. The van der Waals surface area contributed by atoms with Crippen LogP contribution in [0, 0.1) is 11.8 Å². The number of methoxy groups -OCH3 is 1. The zero-order chi connectivity index (χ0) is 19.4. The van der Waals surface area contributed by atoms with Crippen molar-refractivity contribution in [3.8, 4) is 0 Å². The van der Waals surface area contributed by atoms with E-state index >= 15 is 0 Å². The van der Waals surface area contributed by atoms with Crippen molar-refractivity contribution in [1.82, 2.24) is 15.1 Å². The van der Waals surface area contributed by atoms with Crippen molar-refractivity contribution in [3.05, 3.63) is 29.8 Å². The number of hydrogen-bond acceptors (Lipinski definition) is 4. The fourth-order valence-corrected chi connectivity index (χ4v) is 4.48. The summed E-state index contributed by atoms with van der Waals surface area (Å²) in [6, 6.07) is 7.51. The van der Waals surface area contributed by atoms with Crippen molar-refractivity contribution >= 4 is 17.6 Å². The molecule has 1 saturated carbocycles. The Kier molecular flexibility index (Phi) is 6.34. The quantitative estimate of drug-likeness (QED) is 0.746. The lowest BCUT2D eigenvalue weighted by atomic mass is 9.91. The second-order valence-corrected chi connectivity index (χ2v) is 7.71. The van der Waals surface area contributed by atoms with Crippen LogP contribution < -0.4 is 10.6 Å². The third kappa shape index (κ3) is 4.59. The van der Waals surface area contributed by atoms with Gasteiger partial charge in [0.1, 0.15) is 0 Å². The van der Waals surface area contributed by atoms with Gasteiger partial charge in [0, 0.05) is 44.0 Å². The summed E-state index contributed by atoms with van der Waals surface area (Å²) in [6.07, 6.45) is 2.40. The van der Waals surface area contributed by atoms with Crippen LogP contribution in [0.15, 0.2) is 24.3 Å². The second-order valence-electron chi connectivity index (χ2n) is 7.71. The van der Waals surface area contributed by atoms with Crippen molar-refractivity contribution in [2.75, 3.05) is 52.8 Å². The topological polar surface area (TPSA) is 73.9 Å². The molecule has 7 nitrogen and oxygen atoms in total. The first-order valence-electron chi connectivity index (χ1n) is 9.59. The molecule has 2 fully saturated rings. The van der Waals surface area contributed by atoms with Crippen LogP contribution in [0.1, 0.15) is 23.2 Å². The van der Waals surface area contributed by atoms with Gasteiger partial charge in [-0.25, -0.2) is 4.79 Å². The zero-order valence-electron chi connectivity index (χ0n) is 16.4. The first-order chi connectivity index (χ1) is 13.0. The molecule has 2 N–H and O–H groups in total. The molecule has 1 aromatic carbocycles. The molecule has 7 heteroatoms. The van der Waals surface area contributed by atoms with Crippen LogP contribution in [-0.2, 0) is 4.74 Å². The van der Waals surface area contributed by atoms with Crippen LogP contribution >= 0.6 is 0 Å². The Labute approximate surface area is 161 Å². The van der Waals surface area contributed by atoms with Crippen LogP contribution in [0.25, 0.3) is 0 Å². The molecule has 1 aromatic rings. The van der Waals surface area contributed by atoms with Crippen molar-refractivity contribution in [1.29, 1.82) is 0 Å². The highest BCUT2D eigenvalue weighted by atomic mass is 16.5. The summed E-state index contributed by atoms with van der Waals surface area (Å²) in [5.41, 5.74) is 1.27. The minimum absolute atomic E-state index is 0.0543. The third-order valence-corrected chi connectivity index (χ3v) is 5.66. The second kappa shape index (κ2) is 8.71. The molecular weight excluding hydrogens is 344 g/mol. The van der Waals surface area contributed by atoms with Crippen molar-refractivity contribution in [3.63, 3.8) is 0 Å². The SMILES string of the molecule is COCCNC(=O)c1ccc(NC(=O)N2CC3CCC(C2)C3N(C)C)cc1. The first kappa shape index (κ1) is 19.6. The Morgan fingerprint density at radius 2 is 1.78 bits per heavy atom. The van der Waals surface area contributed by atoms with E-state index < -0.39 is 0 Å². The van der Waals surface area contributed by atoms with Gasteiger partial charge < -0.3 is 25.2 Å². The summed E-state index contributed by atoms with van der Waals surface area (Å²) >= 11 is 0. The Morgan fingerprint density at radius 1 is 1.15 bits per heavy atom. The van der Waals surface area contributed by atoms with E-state index in [2.05, 4.69) is 29.6 Å². The molecule has 2 bridgehead atoms. The molecule has 2 atom stereocenters. The fraction of sp³-hybridized carbons (Fsp3) is 0.600. The van der Waals surface area contributed by atoms with Crippen molar-refractivity contribution in [2.24, 2.45) is 11.8 Å². The number of carbonyl (C=O) groups is 2. The predicted molar refractivity (Wildman–Crippen MR) is 105 cm³/mol. The summed E-state index contributed by atoms with van der Waals surface area (Å²) in [7, 11) is 5.87. The Balaban J connectivity index is 1.53. The number of rotatable bonds is 6. The number of anilines is 1. The number of hydrogen-bond donors (Lipinski definition) is 2. The van der Waals surface area contributed by atoms with E-state index in [-0.39, 0.29) is 11.9 Å². The monoisotopic (exact) mass is 374 g/mol. The van der Waals surface area contributed by atoms with E-state index in [1.54, 1.807) is 31.4 Å². The van der Waals surface area contributed by atoms with Crippen molar-refractivity contribution < 1.29 is 14.3 Å². The summed E-state index contributed by atoms with van der Waals surface area (Å²) in [4.78, 5) is 28.9. The third-order valence-electron chi connectivity index (χ3n) is 5.66. The number of nitrogens with one attached hydrogen (secondary N) is 2. The minimum atomic E-state index is -0.146. The number of nitrogens with zero attached hydrogens (tertiary/aromatic N) is 2. The molecule has 1 aliphatic heterocycles. The molecular formula is C20H30N4O3. The van der Waals surface area contributed by atoms with Crippen LogP contribution in [0.4, 0.5) is 10.5 Å². The lowest BCUT2D eigenvalue weighted by Crippen LogP contribution is -2.53. The lowest BCUT2D eigenvalue weighted by molar-refractivity contribution is 0.0937. The summed E-state index contributed by atoms with van der Waals surface area (Å²) in [5, 5.41) is 5.74. The molecule has 0 radical (unpaired) electrons. The standard InChI is InChI=1S/C20H30N4O3/c1-23(2)18-15-4-5-16(18)13-24(12-15)20(26)22-17-8-6-14(7-9-17)19(25)21-10-11-27-3/h6-9,15-16,18H,4-5,10-13H2,1-3H3,(H,21,25)(H,22,26). The van der Waals surface area contributed by atoms with Gasteiger partial charge in [0.2, 0.25) is 0 Å². The van der Waals surface area contributed by atoms with E-state index in [1.165, 1.54) is 12.8 Å². The minimum Gasteiger partial charge on any atom is -0.383 e. The van der Waals surface area contributed by atoms with E-state index in [0.717, 1.165) is 13.1 Å². The summed E-state index contributed by atoms with van der Waals surface area (Å²) in [5.74, 6) is 0.970. The lowest BCUT2D eigenvalue weighted by Gasteiger charge is -2.41. The van der Waals surface area contributed by atoms with Gasteiger partial charge in [-0.3, -0.25) is 4.79 Å². The van der Waals surface area contributed by atoms with Crippen LogP contribution in [0.3, 0.4) is 0 Å². The van der Waals surface area contributed by atoms with Gasteiger partial charge in [-0.1, -0.05) is 0 Å². The van der Waals surface area contributed by atoms with Gasteiger partial charge in [-0.15, -0.1) is 0 Å². The van der Waals surface area contributed by atoms with E-state index in [4.69, 9.17) is 4.74 Å². The van der Waals surface area contributed by atoms with Gasteiger partial charge in [-0.2, -0.15) is 0 Å². The molecule has 0 spiro atoms. The van der Waals surface area contributed by atoms with Crippen LogP contribution in [-0.4, -0.2) is 75.2 Å². The number of urea groups is 1. The maximum absolute atomic E-state index is 12.7. The molecule has 3 rings (SSSR count). The highest BCUT2D eigenvalue weighted by molar-refractivity contribution is 5.95. The maximum Gasteiger partial charge on any atom is 0.321 e. The maximum atomic E-state index is 12.7. The van der Waals surface area contributed by atoms with E-state index in [9.17, 15) is 9.59 Å². The van der Waals surface area contributed by atoms with Crippen molar-refractivity contribution in [2.45, 2.75) is 18.9 Å². The number of benzene rings is 1. The highest BCUT2D eigenvalue weighted by Crippen LogP contribution is 2.39. The average molecular weight is 374 g/mol. The molecule has 148 valence electrons. The number of ether oxygens (including phenoxy) is 1. The van der Waals surface area contributed by atoms with Gasteiger partial charge in [0.15, 0.2) is 0 Å². The average Bonchev–Trinajstić information content (AvgIpc) is 2.92. The number of fused-ring (bicyclic) bond motifs is 2. The van der Waals surface area contributed by atoms with Gasteiger partial charge >= 0.3 is 6.03 Å². The number of carbonyl (C=O) groups excluding carboxylic acids is 2. The molecule has 1 aliphatic carbocycles. The molecule has 27 heavy (non-hydrogen) atoms. The largest absolute Gasteiger partial charge is 0.383 e. The van der Waals surface area contributed by atoms with E-state index in [1.807, 2.05) is 4.90 Å². The molecule has 0 aromatic heterocycles. The molecule has 1 heterocycles. The highest BCUT2D eigenvalue weighted by Gasteiger charge is 2.44. The normalized spacial score (nSPS) is 24.1. The fourth-order valence-electron chi connectivity index (χ4n) is 4.48. The molecule has 3 amide bonds. The molecule has 2 aliphatic rings.